The molecule has 3 rings (SSSR count). The van der Waals surface area contributed by atoms with E-state index in [1.54, 1.807) is 42.6 Å². The summed E-state index contributed by atoms with van der Waals surface area (Å²) in [5, 5.41) is 9.33. The van der Waals surface area contributed by atoms with Crippen LogP contribution in [0.3, 0.4) is 0 Å². The molecule has 1 atom stereocenters. The summed E-state index contributed by atoms with van der Waals surface area (Å²) >= 11 is 5.77. The Kier molecular flexibility index (Phi) is 4.16. The Labute approximate surface area is 137 Å². The lowest BCUT2D eigenvalue weighted by molar-refractivity contribution is -0.142. The van der Waals surface area contributed by atoms with Gasteiger partial charge in [-0.3, -0.25) is 9.59 Å². The minimum absolute atomic E-state index is 0.263. The van der Waals surface area contributed by atoms with E-state index in [-0.39, 0.29) is 18.9 Å². The second-order valence-electron chi connectivity index (χ2n) is 5.09. The number of benzene rings is 1. The van der Waals surface area contributed by atoms with Gasteiger partial charge in [0, 0.05) is 6.20 Å². The van der Waals surface area contributed by atoms with Gasteiger partial charge in [-0.2, -0.15) is 0 Å². The zero-order valence-electron chi connectivity index (χ0n) is 12.0. The van der Waals surface area contributed by atoms with Crippen molar-refractivity contribution >= 4 is 29.2 Å². The molecule has 0 radical (unpaired) electrons. The van der Waals surface area contributed by atoms with Gasteiger partial charge < -0.3 is 14.7 Å². The molecule has 0 saturated carbocycles. The Morgan fingerprint density at radius 1 is 1.30 bits per heavy atom. The van der Waals surface area contributed by atoms with Crippen LogP contribution in [0.4, 0.5) is 5.69 Å². The van der Waals surface area contributed by atoms with Crippen LogP contribution in [0.15, 0.2) is 42.6 Å². The lowest BCUT2D eigenvalue weighted by atomic mass is 10.1. The number of anilines is 1. The van der Waals surface area contributed by atoms with E-state index in [1.807, 2.05) is 0 Å². The highest BCUT2D eigenvalue weighted by atomic mass is 35.5. The molecule has 2 aromatic rings. The molecule has 1 N–H and O–H groups in total. The normalized spacial score (nSPS) is 16.7. The first kappa shape index (κ1) is 15.3. The van der Waals surface area contributed by atoms with Crippen molar-refractivity contribution in [3.05, 3.63) is 53.3 Å². The van der Waals surface area contributed by atoms with Crippen molar-refractivity contribution < 1.29 is 19.4 Å². The summed E-state index contributed by atoms with van der Waals surface area (Å²) in [4.78, 5) is 29.0. The zero-order valence-corrected chi connectivity index (χ0v) is 12.7. The first-order chi connectivity index (χ1) is 11.0. The zero-order chi connectivity index (χ0) is 16.4. The Morgan fingerprint density at radius 3 is 2.78 bits per heavy atom. The topological polar surface area (TPSA) is 79.7 Å². The third-order valence-corrected chi connectivity index (χ3v) is 3.68. The van der Waals surface area contributed by atoms with E-state index in [0.29, 0.717) is 16.6 Å². The summed E-state index contributed by atoms with van der Waals surface area (Å²) in [6.45, 7) is 0.263. The highest BCUT2D eigenvalue weighted by molar-refractivity contribution is 6.29. The van der Waals surface area contributed by atoms with Crippen molar-refractivity contribution in [1.29, 1.82) is 0 Å². The van der Waals surface area contributed by atoms with E-state index < -0.39 is 12.1 Å². The predicted molar refractivity (Wildman–Crippen MR) is 83.5 cm³/mol. The van der Waals surface area contributed by atoms with Crippen molar-refractivity contribution in [3.8, 4) is 5.75 Å². The number of rotatable bonds is 4. The van der Waals surface area contributed by atoms with Crippen molar-refractivity contribution in [2.45, 2.75) is 19.1 Å². The Bertz CT molecular complexity index is 748. The third kappa shape index (κ3) is 3.27. The molecule has 1 aliphatic heterocycles. The number of fused-ring (bicyclic) bond motifs is 1. The minimum atomic E-state index is -1.09. The first-order valence-corrected chi connectivity index (χ1v) is 7.31. The van der Waals surface area contributed by atoms with Crippen molar-refractivity contribution in [2.75, 3.05) is 4.90 Å². The van der Waals surface area contributed by atoms with Crippen LogP contribution in [0.1, 0.15) is 12.0 Å². The van der Waals surface area contributed by atoms with Gasteiger partial charge >= 0.3 is 5.97 Å². The molecular formula is C16H13ClN2O4. The van der Waals surface area contributed by atoms with Crippen LogP contribution in [-0.4, -0.2) is 28.1 Å². The van der Waals surface area contributed by atoms with Gasteiger partial charge in [-0.25, -0.2) is 4.98 Å². The lowest BCUT2D eigenvalue weighted by Gasteiger charge is -2.33. The van der Waals surface area contributed by atoms with Gasteiger partial charge in [-0.1, -0.05) is 29.8 Å². The standard InChI is InChI=1S/C16H13ClN2O4/c17-14-6-5-10(8-18-14)9-19-11-3-1-2-4-12(11)23-13(16(19)22)7-15(20)21/h1-6,8,13H,7,9H2,(H,20,21). The third-order valence-electron chi connectivity index (χ3n) is 3.46. The fourth-order valence-corrected chi connectivity index (χ4v) is 2.52. The van der Waals surface area contributed by atoms with Crippen LogP contribution in [0.2, 0.25) is 5.15 Å². The number of amides is 1. The number of carboxylic acid groups (broad SMARTS) is 1. The lowest BCUT2D eigenvalue weighted by Crippen LogP contribution is -2.46. The summed E-state index contributed by atoms with van der Waals surface area (Å²) in [7, 11) is 0. The number of aromatic nitrogens is 1. The van der Waals surface area contributed by atoms with Crippen LogP contribution in [0.25, 0.3) is 0 Å². The van der Waals surface area contributed by atoms with E-state index in [2.05, 4.69) is 4.98 Å². The van der Waals surface area contributed by atoms with Gasteiger partial charge in [0.05, 0.1) is 18.7 Å². The molecule has 0 bridgehead atoms. The average Bonchev–Trinajstić information content (AvgIpc) is 2.53. The number of halogens is 1. The van der Waals surface area contributed by atoms with Gasteiger partial charge in [0.15, 0.2) is 6.10 Å². The summed E-state index contributed by atoms with van der Waals surface area (Å²) in [5.41, 5.74) is 1.39. The smallest absolute Gasteiger partial charge is 0.307 e. The number of aliphatic carboxylic acids is 1. The molecular weight excluding hydrogens is 320 g/mol. The van der Waals surface area contributed by atoms with E-state index >= 15 is 0 Å². The van der Waals surface area contributed by atoms with Crippen LogP contribution in [0, 0.1) is 0 Å². The van der Waals surface area contributed by atoms with Crippen LogP contribution in [0.5, 0.6) is 5.75 Å². The molecule has 1 amide bonds. The minimum Gasteiger partial charge on any atom is -0.481 e. The molecule has 0 fully saturated rings. The summed E-state index contributed by atoms with van der Waals surface area (Å²) in [6, 6.07) is 10.4. The highest BCUT2D eigenvalue weighted by Crippen LogP contribution is 2.35. The fraction of sp³-hybridized carbons (Fsp3) is 0.188. The predicted octanol–water partition coefficient (Wildman–Crippen LogP) is 2.50. The van der Waals surface area contributed by atoms with E-state index in [1.165, 1.54) is 4.90 Å². The van der Waals surface area contributed by atoms with Crippen molar-refractivity contribution in [1.82, 2.24) is 4.98 Å². The van der Waals surface area contributed by atoms with Crippen molar-refractivity contribution in [2.24, 2.45) is 0 Å². The Balaban J connectivity index is 1.93. The fourth-order valence-electron chi connectivity index (χ4n) is 2.41. The second-order valence-corrected chi connectivity index (χ2v) is 5.47. The largest absolute Gasteiger partial charge is 0.481 e. The number of ether oxygens (including phenoxy) is 1. The number of hydrogen-bond acceptors (Lipinski definition) is 4. The Hall–Kier alpha value is -2.60. The van der Waals surface area contributed by atoms with Gasteiger partial charge in [0.2, 0.25) is 0 Å². The van der Waals surface area contributed by atoms with Crippen molar-refractivity contribution in [3.63, 3.8) is 0 Å². The maximum Gasteiger partial charge on any atom is 0.307 e. The van der Waals surface area contributed by atoms with E-state index in [0.717, 1.165) is 5.56 Å². The highest BCUT2D eigenvalue weighted by Gasteiger charge is 2.35. The van der Waals surface area contributed by atoms with Crippen LogP contribution >= 0.6 is 11.6 Å². The molecule has 6 nitrogen and oxygen atoms in total. The molecule has 0 saturated heterocycles. The van der Waals surface area contributed by atoms with Gasteiger partial charge in [0.1, 0.15) is 10.9 Å². The number of hydrogen-bond donors (Lipinski definition) is 1. The second kappa shape index (κ2) is 6.26. The van der Waals surface area contributed by atoms with Gasteiger partial charge in [0.25, 0.3) is 5.91 Å². The van der Waals surface area contributed by atoms with E-state index in [4.69, 9.17) is 21.4 Å². The molecule has 0 aliphatic carbocycles. The molecule has 118 valence electrons. The number of carbonyl (C=O) groups is 2. The van der Waals surface area contributed by atoms with Gasteiger partial charge in [-0.05, 0) is 23.8 Å². The average molecular weight is 333 g/mol. The molecule has 1 unspecified atom stereocenters. The number of pyridine rings is 1. The maximum atomic E-state index is 12.6. The molecule has 1 aliphatic rings. The molecule has 0 spiro atoms. The molecule has 7 heteroatoms. The molecule has 2 heterocycles. The number of carboxylic acids is 1. The number of para-hydroxylation sites is 2. The summed E-state index contributed by atoms with van der Waals surface area (Å²) < 4.78 is 5.53. The van der Waals surface area contributed by atoms with E-state index in [9.17, 15) is 9.59 Å². The number of nitrogens with zero attached hydrogens (tertiary/aromatic N) is 2. The Morgan fingerprint density at radius 2 is 2.09 bits per heavy atom. The first-order valence-electron chi connectivity index (χ1n) is 6.94. The SMILES string of the molecule is O=C(O)CC1Oc2ccccc2N(Cc2ccc(Cl)nc2)C1=O. The molecule has 23 heavy (non-hydrogen) atoms. The van der Waals surface area contributed by atoms with Gasteiger partial charge in [-0.15, -0.1) is 0 Å². The van der Waals surface area contributed by atoms with Crippen LogP contribution in [-0.2, 0) is 16.1 Å². The number of carbonyl (C=O) groups excluding carboxylic acids is 1. The summed E-state index contributed by atoms with van der Waals surface area (Å²) in [6.07, 6.45) is 0.158. The quantitative estimate of drug-likeness (QED) is 0.870. The monoisotopic (exact) mass is 332 g/mol. The van der Waals surface area contributed by atoms with Crippen LogP contribution < -0.4 is 9.64 Å². The molecule has 1 aromatic carbocycles. The summed E-state index contributed by atoms with van der Waals surface area (Å²) in [5.74, 6) is -0.989. The molecule has 1 aromatic heterocycles. The maximum absolute atomic E-state index is 12.6.